The molecule has 0 aliphatic carbocycles. The highest BCUT2D eigenvalue weighted by molar-refractivity contribution is 6.04. The molecule has 0 unspecified atom stereocenters. The second kappa shape index (κ2) is 10.2. The van der Waals surface area contributed by atoms with Gasteiger partial charge in [0.25, 0.3) is 0 Å². The van der Waals surface area contributed by atoms with Crippen LogP contribution in [0.4, 0.5) is 8.78 Å². The number of pyridine rings is 2. The van der Waals surface area contributed by atoms with Gasteiger partial charge in [-0.3, -0.25) is 4.98 Å². The predicted molar refractivity (Wildman–Crippen MR) is 145 cm³/mol. The number of halogens is 2. The SMILES string of the molecule is [B]N(Cc1nc(-c2ccc3ncnn3c2)c(-c2cccc(C)n2)[nH]1)Cc1ccccc1-c1ccc(F)c(F)c1. The van der Waals surface area contributed by atoms with Crippen LogP contribution in [-0.2, 0) is 13.1 Å². The van der Waals surface area contributed by atoms with Gasteiger partial charge in [0.2, 0.25) is 0 Å². The molecular weight excluding hydrogens is 495 g/mol. The first kappa shape index (κ1) is 24.6. The molecule has 0 bridgehead atoms. The Labute approximate surface area is 224 Å². The van der Waals surface area contributed by atoms with Crippen LogP contribution in [0.5, 0.6) is 0 Å². The number of nitrogens with one attached hydrogen (secondary N) is 1. The number of aromatic nitrogens is 6. The fourth-order valence-corrected chi connectivity index (χ4v) is 4.60. The predicted octanol–water partition coefficient (Wildman–Crippen LogP) is 5.52. The Kier molecular flexibility index (Phi) is 6.46. The van der Waals surface area contributed by atoms with Crippen molar-refractivity contribution >= 4 is 13.6 Å². The van der Waals surface area contributed by atoms with Crippen molar-refractivity contribution in [3.63, 3.8) is 0 Å². The number of aromatic amines is 1. The van der Waals surface area contributed by atoms with Crippen molar-refractivity contribution in [3.8, 4) is 33.8 Å². The summed E-state index contributed by atoms with van der Waals surface area (Å²) in [4.78, 5) is 18.8. The number of rotatable bonds is 7. The lowest BCUT2D eigenvalue weighted by Crippen LogP contribution is -2.20. The van der Waals surface area contributed by atoms with Crippen LogP contribution in [0.25, 0.3) is 39.4 Å². The van der Waals surface area contributed by atoms with Crippen LogP contribution in [0, 0.1) is 18.6 Å². The van der Waals surface area contributed by atoms with Gasteiger partial charge in [0.15, 0.2) is 25.3 Å². The molecule has 1 N–H and O–H groups in total. The highest BCUT2D eigenvalue weighted by Gasteiger charge is 2.18. The summed E-state index contributed by atoms with van der Waals surface area (Å²) in [5.41, 5.74) is 6.94. The van der Waals surface area contributed by atoms with Crippen LogP contribution in [0.1, 0.15) is 17.1 Å². The van der Waals surface area contributed by atoms with E-state index in [1.165, 1.54) is 12.4 Å². The summed E-state index contributed by atoms with van der Waals surface area (Å²) in [5.74, 6) is -1.13. The minimum absolute atomic E-state index is 0.302. The van der Waals surface area contributed by atoms with E-state index >= 15 is 0 Å². The molecule has 0 aliphatic rings. The molecule has 0 amide bonds. The van der Waals surface area contributed by atoms with Crippen molar-refractivity contribution in [2.24, 2.45) is 0 Å². The quantitative estimate of drug-likeness (QED) is 0.282. The van der Waals surface area contributed by atoms with Crippen molar-refractivity contribution in [2.45, 2.75) is 20.0 Å². The minimum Gasteiger partial charge on any atom is -0.344 e. The number of benzene rings is 2. The molecule has 7 nitrogen and oxygen atoms in total. The Hall–Kier alpha value is -4.70. The van der Waals surface area contributed by atoms with E-state index in [-0.39, 0.29) is 0 Å². The first-order valence-corrected chi connectivity index (χ1v) is 12.3. The zero-order valence-electron chi connectivity index (χ0n) is 21.0. The lowest BCUT2D eigenvalue weighted by atomic mass is 9.98. The minimum atomic E-state index is -0.892. The highest BCUT2D eigenvalue weighted by Crippen LogP contribution is 2.30. The summed E-state index contributed by atoms with van der Waals surface area (Å²) in [6.45, 7) is 2.60. The topological polar surface area (TPSA) is 75.0 Å². The maximum atomic E-state index is 13.9. The van der Waals surface area contributed by atoms with Gasteiger partial charge in [-0.2, -0.15) is 5.10 Å². The van der Waals surface area contributed by atoms with E-state index in [0.29, 0.717) is 24.5 Å². The second-order valence-electron chi connectivity index (χ2n) is 9.24. The number of nitrogens with zero attached hydrogens (tertiary/aromatic N) is 6. The molecule has 39 heavy (non-hydrogen) atoms. The second-order valence-corrected chi connectivity index (χ2v) is 9.24. The maximum absolute atomic E-state index is 13.9. The molecule has 4 aromatic heterocycles. The summed E-state index contributed by atoms with van der Waals surface area (Å²) in [7, 11) is 6.46. The number of hydrogen-bond donors (Lipinski definition) is 1. The molecule has 0 saturated carbocycles. The van der Waals surface area contributed by atoms with E-state index in [9.17, 15) is 8.78 Å². The third-order valence-corrected chi connectivity index (χ3v) is 6.42. The first-order valence-electron chi connectivity index (χ1n) is 12.3. The first-order chi connectivity index (χ1) is 18.9. The van der Waals surface area contributed by atoms with Crippen LogP contribution < -0.4 is 0 Å². The van der Waals surface area contributed by atoms with Gasteiger partial charge in [0.1, 0.15) is 12.2 Å². The average molecular weight is 517 g/mol. The van der Waals surface area contributed by atoms with Crippen molar-refractivity contribution in [1.29, 1.82) is 0 Å². The van der Waals surface area contributed by atoms with Gasteiger partial charge >= 0.3 is 0 Å². The standard InChI is InChI=1S/C29H22BF2N7/c1-18-5-4-8-25(35-18)29-28(21-10-12-27-33-17-34-39(27)15-21)36-26(37-29)16-38(30)14-20-6-2-3-7-22(20)19-9-11-23(31)24(32)13-19/h2-13,15,17H,14,16H2,1H3,(H,36,37). The zero-order valence-corrected chi connectivity index (χ0v) is 21.0. The summed E-state index contributed by atoms with van der Waals surface area (Å²) < 4.78 is 29.1. The average Bonchev–Trinajstić information content (AvgIpc) is 3.57. The summed E-state index contributed by atoms with van der Waals surface area (Å²) in [6.07, 6.45) is 3.38. The van der Waals surface area contributed by atoms with E-state index in [1.54, 1.807) is 15.4 Å². The van der Waals surface area contributed by atoms with Gasteiger partial charge in [-0.1, -0.05) is 36.4 Å². The van der Waals surface area contributed by atoms with Gasteiger partial charge in [-0.15, -0.1) is 0 Å². The van der Waals surface area contributed by atoms with Crippen LogP contribution in [-0.4, -0.2) is 42.3 Å². The molecular formula is C29H22BF2N7. The van der Waals surface area contributed by atoms with E-state index in [1.807, 2.05) is 67.7 Å². The Morgan fingerprint density at radius 3 is 2.59 bits per heavy atom. The largest absolute Gasteiger partial charge is 0.344 e. The molecule has 10 heteroatoms. The number of H-pyrrole nitrogens is 1. The van der Waals surface area contributed by atoms with Gasteiger partial charge in [-0.25, -0.2) is 23.3 Å². The number of hydrogen-bond acceptors (Lipinski definition) is 5. The Bertz CT molecular complexity index is 1800. The van der Waals surface area contributed by atoms with Gasteiger partial charge in [0.05, 0.1) is 17.1 Å². The fourth-order valence-electron chi connectivity index (χ4n) is 4.60. The summed E-state index contributed by atoms with van der Waals surface area (Å²) >= 11 is 0. The number of imidazole rings is 1. The van der Waals surface area contributed by atoms with Crippen LogP contribution in [0.2, 0.25) is 0 Å². The maximum Gasteiger partial charge on any atom is 0.183 e. The van der Waals surface area contributed by atoms with Crippen molar-refractivity contribution in [2.75, 3.05) is 0 Å². The highest BCUT2D eigenvalue weighted by atomic mass is 19.2. The zero-order chi connectivity index (χ0) is 26.9. The third-order valence-electron chi connectivity index (χ3n) is 6.42. The third kappa shape index (κ3) is 5.06. The normalized spacial score (nSPS) is 11.5. The molecule has 4 heterocycles. The summed E-state index contributed by atoms with van der Waals surface area (Å²) in [5, 5.41) is 4.25. The Morgan fingerprint density at radius 1 is 0.897 bits per heavy atom. The number of aryl methyl sites for hydroxylation is 1. The van der Waals surface area contributed by atoms with Gasteiger partial charge in [-0.05, 0) is 60.0 Å². The van der Waals surface area contributed by atoms with E-state index in [4.69, 9.17) is 17.9 Å². The lowest BCUT2D eigenvalue weighted by molar-refractivity contribution is 0.433. The summed E-state index contributed by atoms with van der Waals surface area (Å²) in [6, 6.07) is 21.1. The molecule has 190 valence electrons. The molecule has 2 aromatic carbocycles. The molecule has 6 rings (SSSR count). The monoisotopic (exact) mass is 517 g/mol. The van der Waals surface area contributed by atoms with Crippen molar-refractivity contribution in [1.82, 2.24) is 34.4 Å². The van der Waals surface area contributed by atoms with E-state index in [0.717, 1.165) is 51.2 Å². The molecule has 6 aromatic rings. The molecule has 0 atom stereocenters. The number of fused-ring (bicyclic) bond motifs is 1. The smallest absolute Gasteiger partial charge is 0.183 e. The van der Waals surface area contributed by atoms with Gasteiger partial charge < -0.3 is 9.79 Å². The van der Waals surface area contributed by atoms with Crippen molar-refractivity contribution in [3.05, 3.63) is 114 Å². The van der Waals surface area contributed by atoms with Crippen LogP contribution in [0.15, 0.2) is 85.3 Å². The Balaban J connectivity index is 1.32. The molecule has 0 saturated heterocycles. The van der Waals surface area contributed by atoms with Crippen molar-refractivity contribution < 1.29 is 8.78 Å². The van der Waals surface area contributed by atoms with Crippen LogP contribution >= 0.6 is 0 Å². The van der Waals surface area contributed by atoms with E-state index < -0.39 is 11.6 Å². The molecule has 0 fully saturated rings. The van der Waals surface area contributed by atoms with Crippen LogP contribution in [0.3, 0.4) is 0 Å². The molecule has 2 radical (unpaired) electrons. The molecule has 0 aliphatic heterocycles. The molecule has 0 spiro atoms. The van der Waals surface area contributed by atoms with Gasteiger partial charge in [0, 0.05) is 30.5 Å². The van der Waals surface area contributed by atoms with E-state index in [2.05, 4.69) is 15.1 Å². The lowest BCUT2D eigenvalue weighted by Gasteiger charge is -2.18. The Morgan fingerprint density at radius 2 is 1.74 bits per heavy atom. The fraction of sp³-hybridized carbons (Fsp3) is 0.103.